The van der Waals surface area contributed by atoms with Gasteiger partial charge in [-0.25, -0.2) is 0 Å². The number of nitrogens with zero attached hydrogens (tertiary/aromatic N) is 2. The summed E-state index contributed by atoms with van der Waals surface area (Å²) >= 11 is 0. The minimum Gasteiger partial charge on any atom is -0.496 e. The summed E-state index contributed by atoms with van der Waals surface area (Å²) in [5.74, 6) is 1.26. The Bertz CT molecular complexity index is 871. The van der Waals surface area contributed by atoms with Crippen LogP contribution in [-0.4, -0.2) is 50.1 Å². The zero-order chi connectivity index (χ0) is 21.4. The fraction of sp³-hybridized carbons (Fsp3) is 0.350. The summed E-state index contributed by atoms with van der Waals surface area (Å²) in [7, 11) is 4.77. The quantitative estimate of drug-likeness (QED) is 0.480. The van der Waals surface area contributed by atoms with E-state index < -0.39 is 4.92 Å². The highest BCUT2D eigenvalue weighted by atomic mass is 16.6. The van der Waals surface area contributed by atoms with Crippen molar-refractivity contribution >= 4 is 17.3 Å². The van der Waals surface area contributed by atoms with Crippen LogP contribution in [0.3, 0.4) is 0 Å². The summed E-state index contributed by atoms with van der Waals surface area (Å²) in [5.41, 5.74) is 0.838. The molecule has 0 saturated carbocycles. The molecule has 0 bridgehead atoms. The van der Waals surface area contributed by atoms with Crippen molar-refractivity contribution in [3.05, 3.63) is 52.1 Å². The van der Waals surface area contributed by atoms with Crippen LogP contribution in [-0.2, 0) is 11.3 Å². The smallest absolute Gasteiger partial charge is 0.296 e. The maximum absolute atomic E-state index is 12.4. The lowest BCUT2D eigenvalue weighted by Gasteiger charge is -2.18. The standard InChI is InChI=1S/C20H25N3O6/c1-5-29-18-9-6-14(10-19(18)28-4)12-22(2)13-20(24)21-16-8-7-15(27-3)11-17(16)23(25)26/h6-11H,5,12-13H2,1-4H3,(H,21,24). The van der Waals surface area contributed by atoms with Crippen molar-refractivity contribution in [3.63, 3.8) is 0 Å². The molecule has 0 fully saturated rings. The lowest BCUT2D eigenvalue weighted by Crippen LogP contribution is -2.30. The van der Waals surface area contributed by atoms with Crippen LogP contribution in [0.15, 0.2) is 36.4 Å². The lowest BCUT2D eigenvalue weighted by atomic mass is 10.2. The highest BCUT2D eigenvalue weighted by molar-refractivity contribution is 5.94. The van der Waals surface area contributed by atoms with Crippen LogP contribution in [0.1, 0.15) is 12.5 Å². The number of anilines is 1. The highest BCUT2D eigenvalue weighted by Gasteiger charge is 2.18. The van der Waals surface area contributed by atoms with Gasteiger partial charge in [0.05, 0.1) is 38.4 Å². The molecule has 0 saturated heterocycles. The summed E-state index contributed by atoms with van der Waals surface area (Å²) in [4.78, 5) is 24.8. The first-order valence-corrected chi connectivity index (χ1v) is 8.98. The van der Waals surface area contributed by atoms with Gasteiger partial charge in [0, 0.05) is 6.54 Å². The van der Waals surface area contributed by atoms with Gasteiger partial charge in [0.15, 0.2) is 11.5 Å². The molecule has 0 heterocycles. The van der Waals surface area contributed by atoms with Gasteiger partial charge < -0.3 is 19.5 Å². The molecule has 0 aliphatic carbocycles. The van der Waals surface area contributed by atoms with Crippen molar-refractivity contribution in [1.29, 1.82) is 0 Å². The van der Waals surface area contributed by atoms with E-state index in [9.17, 15) is 14.9 Å². The summed E-state index contributed by atoms with van der Waals surface area (Å²) < 4.78 is 15.8. The van der Waals surface area contributed by atoms with Crippen molar-refractivity contribution < 1.29 is 23.9 Å². The van der Waals surface area contributed by atoms with E-state index in [1.165, 1.54) is 19.2 Å². The van der Waals surface area contributed by atoms with E-state index in [1.807, 2.05) is 25.1 Å². The molecule has 0 aliphatic heterocycles. The molecule has 1 amide bonds. The molecular formula is C20H25N3O6. The SMILES string of the molecule is CCOc1ccc(CN(C)CC(=O)Nc2ccc(OC)cc2[N+](=O)[O-])cc1OC. The van der Waals surface area contributed by atoms with E-state index in [0.29, 0.717) is 30.4 Å². The number of amides is 1. The first-order chi connectivity index (χ1) is 13.9. The Morgan fingerprint density at radius 3 is 2.52 bits per heavy atom. The number of ether oxygens (including phenoxy) is 3. The number of hydrogen-bond acceptors (Lipinski definition) is 7. The molecule has 1 N–H and O–H groups in total. The van der Waals surface area contributed by atoms with Gasteiger partial charge >= 0.3 is 0 Å². The topological polar surface area (TPSA) is 103 Å². The van der Waals surface area contributed by atoms with Crippen LogP contribution in [0.2, 0.25) is 0 Å². The molecule has 156 valence electrons. The fourth-order valence-electron chi connectivity index (χ4n) is 2.78. The van der Waals surface area contributed by atoms with Crippen LogP contribution in [0, 0.1) is 10.1 Å². The van der Waals surface area contributed by atoms with Gasteiger partial charge in [0.1, 0.15) is 11.4 Å². The molecular weight excluding hydrogens is 378 g/mol. The zero-order valence-corrected chi connectivity index (χ0v) is 16.9. The normalized spacial score (nSPS) is 10.5. The van der Waals surface area contributed by atoms with Crippen molar-refractivity contribution in [2.24, 2.45) is 0 Å². The summed E-state index contributed by atoms with van der Waals surface area (Å²) in [6.07, 6.45) is 0. The van der Waals surface area contributed by atoms with Crippen molar-refractivity contribution in [2.75, 3.05) is 39.7 Å². The molecule has 0 spiro atoms. The fourth-order valence-corrected chi connectivity index (χ4v) is 2.78. The summed E-state index contributed by atoms with van der Waals surface area (Å²) in [5, 5.41) is 13.8. The maximum Gasteiger partial charge on any atom is 0.296 e. The predicted molar refractivity (Wildman–Crippen MR) is 109 cm³/mol. The monoisotopic (exact) mass is 403 g/mol. The number of nitro groups is 1. The summed E-state index contributed by atoms with van der Waals surface area (Å²) in [6.45, 7) is 2.97. The maximum atomic E-state index is 12.4. The van der Waals surface area contributed by atoms with Crippen LogP contribution in [0.25, 0.3) is 0 Å². The van der Waals surface area contributed by atoms with E-state index in [1.54, 1.807) is 25.1 Å². The number of rotatable bonds is 10. The van der Waals surface area contributed by atoms with Crippen LogP contribution in [0.4, 0.5) is 11.4 Å². The van der Waals surface area contributed by atoms with Crippen molar-refractivity contribution in [1.82, 2.24) is 4.90 Å². The Balaban J connectivity index is 2.02. The Morgan fingerprint density at radius 2 is 1.90 bits per heavy atom. The molecule has 0 unspecified atom stereocenters. The molecule has 29 heavy (non-hydrogen) atoms. The van der Waals surface area contributed by atoms with Crippen molar-refractivity contribution in [2.45, 2.75) is 13.5 Å². The number of nitro benzene ring substituents is 1. The van der Waals surface area contributed by atoms with E-state index in [-0.39, 0.29) is 23.8 Å². The Morgan fingerprint density at radius 1 is 1.14 bits per heavy atom. The first kappa shape index (κ1) is 22.0. The molecule has 2 rings (SSSR count). The second-order valence-corrected chi connectivity index (χ2v) is 6.28. The minimum atomic E-state index is -0.561. The third kappa shape index (κ3) is 6.08. The number of nitrogens with one attached hydrogen (secondary N) is 1. The average Bonchev–Trinajstić information content (AvgIpc) is 2.69. The highest BCUT2D eigenvalue weighted by Crippen LogP contribution is 2.30. The molecule has 9 heteroatoms. The third-order valence-corrected chi connectivity index (χ3v) is 4.07. The second kappa shape index (κ2) is 10.3. The molecule has 9 nitrogen and oxygen atoms in total. The van der Waals surface area contributed by atoms with Gasteiger partial charge in [-0.1, -0.05) is 6.07 Å². The summed E-state index contributed by atoms with van der Waals surface area (Å²) in [6, 6.07) is 9.85. The molecule has 0 atom stereocenters. The molecule has 2 aromatic carbocycles. The number of methoxy groups -OCH3 is 2. The van der Waals surface area contributed by atoms with Crippen LogP contribution < -0.4 is 19.5 Å². The van der Waals surface area contributed by atoms with E-state index in [4.69, 9.17) is 14.2 Å². The van der Waals surface area contributed by atoms with E-state index in [0.717, 1.165) is 5.56 Å². The third-order valence-electron chi connectivity index (χ3n) is 4.07. The number of carbonyl (C=O) groups is 1. The van der Waals surface area contributed by atoms with Crippen molar-refractivity contribution in [3.8, 4) is 17.2 Å². The largest absolute Gasteiger partial charge is 0.496 e. The number of carbonyl (C=O) groups excluding carboxylic acids is 1. The average molecular weight is 403 g/mol. The van der Waals surface area contributed by atoms with Gasteiger partial charge in [-0.05, 0) is 43.8 Å². The number of likely N-dealkylation sites (N-methyl/N-ethyl adjacent to an activating group) is 1. The Kier molecular flexibility index (Phi) is 7.79. The minimum absolute atomic E-state index is 0.0543. The second-order valence-electron chi connectivity index (χ2n) is 6.28. The van der Waals surface area contributed by atoms with E-state index >= 15 is 0 Å². The van der Waals surface area contributed by atoms with Gasteiger partial charge in [-0.2, -0.15) is 0 Å². The number of hydrogen-bond donors (Lipinski definition) is 1. The lowest BCUT2D eigenvalue weighted by molar-refractivity contribution is -0.384. The zero-order valence-electron chi connectivity index (χ0n) is 16.9. The van der Waals surface area contributed by atoms with Gasteiger partial charge in [0.2, 0.25) is 5.91 Å². The van der Waals surface area contributed by atoms with Gasteiger partial charge in [-0.3, -0.25) is 19.8 Å². The molecule has 0 radical (unpaired) electrons. The van der Waals surface area contributed by atoms with Gasteiger partial charge in [-0.15, -0.1) is 0 Å². The molecule has 0 aliphatic rings. The van der Waals surface area contributed by atoms with E-state index in [2.05, 4.69) is 5.32 Å². The number of benzene rings is 2. The van der Waals surface area contributed by atoms with Gasteiger partial charge in [0.25, 0.3) is 5.69 Å². The Labute approximate surface area is 169 Å². The van der Waals surface area contributed by atoms with Crippen LogP contribution >= 0.6 is 0 Å². The Hall–Kier alpha value is -3.33. The molecule has 0 aromatic heterocycles. The first-order valence-electron chi connectivity index (χ1n) is 8.98. The predicted octanol–water partition coefficient (Wildman–Crippen LogP) is 3.08. The van der Waals surface area contributed by atoms with Crippen LogP contribution in [0.5, 0.6) is 17.2 Å². The molecule has 2 aromatic rings.